The number of halogens is 1. The molecule has 0 aliphatic rings. The summed E-state index contributed by atoms with van der Waals surface area (Å²) in [6.45, 7) is 7.66. The van der Waals surface area contributed by atoms with Gasteiger partial charge in [0, 0.05) is 25.7 Å². The second-order valence-corrected chi connectivity index (χ2v) is 5.59. The number of aryl methyl sites for hydroxylation is 1. The quantitative estimate of drug-likeness (QED) is 0.794. The summed E-state index contributed by atoms with van der Waals surface area (Å²) in [5.41, 5.74) is 8.12. The molecule has 0 aromatic heterocycles. The van der Waals surface area contributed by atoms with Crippen LogP contribution in [0.25, 0.3) is 0 Å². The highest BCUT2D eigenvalue weighted by Gasteiger charge is 2.20. The lowest BCUT2D eigenvalue weighted by Crippen LogP contribution is -2.39. The van der Waals surface area contributed by atoms with E-state index in [4.69, 9.17) is 5.73 Å². The van der Waals surface area contributed by atoms with Crippen molar-refractivity contribution >= 4 is 0 Å². The molecule has 1 unspecified atom stereocenters. The minimum Gasteiger partial charge on any atom is -0.329 e. The molecule has 0 radical (unpaired) electrons. The lowest BCUT2D eigenvalue weighted by atomic mass is 9.99. The van der Waals surface area contributed by atoms with Gasteiger partial charge in [-0.1, -0.05) is 13.0 Å². The van der Waals surface area contributed by atoms with Gasteiger partial charge in [0.1, 0.15) is 5.82 Å². The molecule has 0 saturated carbocycles. The van der Waals surface area contributed by atoms with Crippen molar-refractivity contribution in [1.82, 2.24) is 9.80 Å². The minimum atomic E-state index is -0.183. The molecular weight excluding hydrogens is 253 g/mol. The van der Waals surface area contributed by atoms with E-state index in [1.807, 2.05) is 13.0 Å². The van der Waals surface area contributed by atoms with Crippen LogP contribution in [0.2, 0.25) is 0 Å². The number of nitrogens with two attached hydrogens (primary N) is 1. The fourth-order valence-corrected chi connectivity index (χ4v) is 2.52. The normalized spacial score (nSPS) is 13.2. The smallest absolute Gasteiger partial charge is 0.123 e. The summed E-state index contributed by atoms with van der Waals surface area (Å²) in [5, 5.41) is 0. The number of likely N-dealkylation sites (N-methyl/N-ethyl adjacent to an activating group) is 1. The maximum absolute atomic E-state index is 13.3. The van der Waals surface area contributed by atoms with Crippen LogP contribution in [0, 0.1) is 12.7 Å². The fourth-order valence-electron chi connectivity index (χ4n) is 2.52. The Morgan fingerprint density at radius 2 is 1.90 bits per heavy atom. The van der Waals surface area contributed by atoms with E-state index in [9.17, 15) is 4.39 Å². The molecule has 3 nitrogen and oxygen atoms in total. The number of nitrogens with zero attached hydrogens (tertiary/aromatic N) is 2. The Morgan fingerprint density at radius 1 is 1.20 bits per heavy atom. The van der Waals surface area contributed by atoms with Crippen LogP contribution in [0.3, 0.4) is 0 Å². The third-order valence-corrected chi connectivity index (χ3v) is 3.60. The fraction of sp³-hybridized carbons (Fsp3) is 0.625. The Hall–Kier alpha value is -0.970. The van der Waals surface area contributed by atoms with Gasteiger partial charge in [-0.05, 0) is 57.2 Å². The lowest BCUT2D eigenvalue weighted by Gasteiger charge is -2.32. The van der Waals surface area contributed by atoms with Gasteiger partial charge in [-0.3, -0.25) is 4.90 Å². The minimum absolute atomic E-state index is 0.162. The number of hydrogen-bond acceptors (Lipinski definition) is 3. The van der Waals surface area contributed by atoms with Crippen molar-refractivity contribution < 1.29 is 4.39 Å². The summed E-state index contributed by atoms with van der Waals surface area (Å²) in [4.78, 5) is 4.58. The molecule has 1 aromatic rings. The van der Waals surface area contributed by atoms with E-state index >= 15 is 0 Å². The van der Waals surface area contributed by atoms with Crippen molar-refractivity contribution in [2.45, 2.75) is 26.3 Å². The molecule has 0 spiro atoms. The van der Waals surface area contributed by atoms with Gasteiger partial charge in [-0.25, -0.2) is 4.39 Å². The second kappa shape index (κ2) is 8.35. The topological polar surface area (TPSA) is 32.5 Å². The maximum Gasteiger partial charge on any atom is 0.123 e. The van der Waals surface area contributed by atoms with Gasteiger partial charge in [0.2, 0.25) is 0 Å². The predicted octanol–water partition coefficient (Wildman–Crippen LogP) is 2.41. The zero-order valence-electron chi connectivity index (χ0n) is 13.2. The van der Waals surface area contributed by atoms with E-state index in [0.29, 0.717) is 6.54 Å². The summed E-state index contributed by atoms with van der Waals surface area (Å²) in [7, 11) is 4.15. The van der Waals surface area contributed by atoms with Crippen LogP contribution in [-0.4, -0.2) is 50.1 Å². The lowest BCUT2D eigenvalue weighted by molar-refractivity contribution is 0.182. The SMILES string of the molecule is CCCN(CCN(C)C)C(CN)c1ccc(F)cc1C. The van der Waals surface area contributed by atoms with Gasteiger partial charge in [-0.2, -0.15) is 0 Å². The second-order valence-electron chi connectivity index (χ2n) is 5.59. The number of rotatable bonds is 8. The summed E-state index contributed by atoms with van der Waals surface area (Å²) in [5.74, 6) is -0.183. The molecule has 0 heterocycles. The summed E-state index contributed by atoms with van der Waals surface area (Å²) in [6, 6.07) is 5.16. The van der Waals surface area contributed by atoms with Gasteiger partial charge in [0.15, 0.2) is 0 Å². The highest BCUT2D eigenvalue weighted by molar-refractivity contribution is 5.30. The highest BCUT2D eigenvalue weighted by atomic mass is 19.1. The molecule has 114 valence electrons. The molecular formula is C16H28FN3. The van der Waals surface area contributed by atoms with Crippen LogP contribution in [0.5, 0.6) is 0 Å². The van der Waals surface area contributed by atoms with Crippen molar-refractivity contribution in [3.63, 3.8) is 0 Å². The van der Waals surface area contributed by atoms with Gasteiger partial charge < -0.3 is 10.6 Å². The van der Waals surface area contributed by atoms with Crippen LogP contribution < -0.4 is 5.73 Å². The van der Waals surface area contributed by atoms with Gasteiger partial charge >= 0.3 is 0 Å². The van der Waals surface area contributed by atoms with Crippen molar-refractivity contribution in [2.24, 2.45) is 5.73 Å². The van der Waals surface area contributed by atoms with Gasteiger partial charge in [0.05, 0.1) is 0 Å². The maximum atomic E-state index is 13.3. The third kappa shape index (κ3) is 4.85. The molecule has 0 aliphatic carbocycles. The van der Waals surface area contributed by atoms with E-state index < -0.39 is 0 Å². The molecule has 1 rings (SSSR count). The molecule has 1 atom stereocenters. The molecule has 0 bridgehead atoms. The van der Waals surface area contributed by atoms with Crippen LogP contribution in [0.4, 0.5) is 4.39 Å². The number of hydrogen-bond donors (Lipinski definition) is 1. The summed E-state index contributed by atoms with van der Waals surface area (Å²) in [6.07, 6.45) is 1.09. The number of benzene rings is 1. The summed E-state index contributed by atoms with van der Waals surface area (Å²) < 4.78 is 13.3. The highest BCUT2D eigenvalue weighted by Crippen LogP contribution is 2.24. The Balaban J connectivity index is 2.93. The Bertz CT molecular complexity index is 407. The van der Waals surface area contributed by atoms with E-state index in [2.05, 4.69) is 30.8 Å². The first-order valence-electron chi connectivity index (χ1n) is 7.34. The first-order valence-corrected chi connectivity index (χ1v) is 7.34. The van der Waals surface area contributed by atoms with E-state index in [1.54, 1.807) is 6.07 Å². The first kappa shape index (κ1) is 17.1. The van der Waals surface area contributed by atoms with Gasteiger partial charge in [-0.15, -0.1) is 0 Å². The predicted molar refractivity (Wildman–Crippen MR) is 83.4 cm³/mol. The van der Waals surface area contributed by atoms with E-state index in [1.165, 1.54) is 6.07 Å². The Kier molecular flexibility index (Phi) is 7.13. The average molecular weight is 281 g/mol. The monoisotopic (exact) mass is 281 g/mol. The van der Waals surface area contributed by atoms with Crippen molar-refractivity contribution in [1.29, 1.82) is 0 Å². The molecule has 0 saturated heterocycles. The third-order valence-electron chi connectivity index (χ3n) is 3.60. The summed E-state index contributed by atoms with van der Waals surface area (Å²) >= 11 is 0. The standard InChI is InChI=1S/C16H28FN3/c1-5-8-20(10-9-19(3)4)16(12-18)15-7-6-14(17)11-13(15)2/h6-7,11,16H,5,8-10,12,18H2,1-4H3. The molecule has 2 N–H and O–H groups in total. The largest absolute Gasteiger partial charge is 0.329 e. The average Bonchev–Trinajstić information content (AvgIpc) is 2.38. The van der Waals surface area contributed by atoms with Crippen molar-refractivity contribution in [3.05, 3.63) is 35.1 Å². The van der Waals surface area contributed by atoms with Crippen molar-refractivity contribution in [2.75, 3.05) is 40.3 Å². The Labute approximate surface area is 122 Å². The van der Waals surface area contributed by atoms with Crippen molar-refractivity contribution in [3.8, 4) is 0 Å². The Morgan fingerprint density at radius 3 is 2.40 bits per heavy atom. The van der Waals surface area contributed by atoms with E-state index in [0.717, 1.165) is 37.2 Å². The molecule has 0 aliphatic heterocycles. The molecule has 1 aromatic carbocycles. The zero-order chi connectivity index (χ0) is 15.1. The molecule has 4 heteroatoms. The molecule has 20 heavy (non-hydrogen) atoms. The van der Waals surface area contributed by atoms with Crippen LogP contribution in [-0.2, 0) is 0 Å². The van der Waals surface area contributed by atoms with Crippen LogP contribution >= 0.6 is 0 Å². The van der Waals surface area contributed by atoms with Crippen LogP contribution in [0.15, 0.2) is 18.2 Å². The van der Waals surface area contributed by atoms with Crippen LogP contribution in [0.1, 0.15) is 30.5 Å². The molecule has 0 amide bonds. The zero-order valence-corrected chi connectivity index (χ0v) is 13.2. The molecule has 0 fully saturated rings. The van der Waals surface area contributed by atoms with Gasteiger partial charge in [0.25, 0.3) is 0 Å². The van der Waals surface area contributed by atoms with E-state index in [-0.39, 0.29) is 11.9 Å². The first-order chi connectivity index (χ1) is 9.49.